The van der Waals surface area contributed by atoms with Gasteiger partial charge in [0.25, 0.3) is 0 Å². The summed E-state index contributed by atoms with van der Waals surface area (Å²) < 4.78 is 81.3. The van der Waals surface area contributed by atoms with Gasteiger partial charge in [-0.15, -0.1) is 10.2 Å². The summed E-state index contributed by atoms with van der Waals surface area (Å²) in [5, 5.41) is 14.1. The smallest absolute Gasteiger partial charge is 0.338 e. The molecule has 3 aliphatic rings. The van der Waals surface area contributed by atoms with E-state index in [-0.39, 0.29) is 28.8 Å². The van der Waals surface area contributed by atoms with Gasteiger partial charge in [-0.3, -0.25) is 0 Å². The fraction of sp³-hybridized carbons (Fsp3) is 0.464. The Bertz CT molecular complexity index is 1370. The van der Waals surface area contributed by atoms with Gasteiger partial charge in [-0.05, 0) is 67.7 Å². The fourth-order valence-electron chi connectivity index (χ4n) is 6.18. The monoisotopic (exact) mass is 565 g/mol. The molecule has 1 aromatic heterocycles. The molecule has 3 aromatic rings. The predicted molar refractivity (Wildman–Crippen MR) is 135 cm³/mol. The number of alkyl halides is 6. The van der Waals surface area contributed by atoms with Crippen molar-refractivity contribution in [3.05, 3.63) is 71.0 Å². The van der Waals surface area contributed by atoms with Crippen LogP contribution < -0.4 is 10.6 Å². The van der Waals surface area contributed by atoms with Gasteiger partial charge >= 0.3 is 18.4 Å². The third kappa shape index (κ3) is 5.40. The highest BCUT2D eigenvalue weighted by molar-refractivity contribution is 5.73. The van der Waals surface area contributed by atoms with Gasteiger partial charge < -0.3 is 15.2 Å². The molecule has 0 radical (unpaired) electrons. The average Bonchev–Trinajstić information content (AvgIpc) is 3.33. The van der Waals surface area contributed by atoms with Crippen LogP contribution in [0.15, 0.2) is 48.5 Å². The van der Waals surface area contributed by atoms with E-state index in [2.05, 4.69) is 20.8 Å². The standard InChI is InChI=1S/C28H29F6N5O/c1-39-22(20-7-2-3-8-21(20)28(32,33)34)37-38-23(39)26-12-9-25(10-13-26,11-14-26)17-36-24(40)35-16-18-5-4-6-19(15-18)27(29,30)31/h2-8,15H,9-14,16-17H2,1H3,(H2,35,36,40). The van der Waals surface area contributed by atoms with E-state index in [4.69, 9.17) is 0 Å². The minimum absolute atomic E-state index is 0.00559. The topological polar surface area (TPSA) is 71.8 Å². The summed E-state index contributed by atoms with van der Waals surface area (Å²) in [4.78, 5) is 12.4. The number of benzene rings is 2. The normalized spacial score (nSPS) is 22.8. The molecule has 3 saturated carbocycles. The number of halogens is 6. The van der Waals surface area contributed by atoms with Crippen LogP contribution >= 0.6 is 0 Å². The second-order valence-electron chi connectivity index (χ2n) is 11.0. The van der Waals surface area contributed by atoms with Gasteiger partial charge in [0.15, 0.2) is 5.82 Å². The van der Waals surface area contributed by atoms with Crippen molar-refractivity contribution in [1.82, 2.24) is 25.4 Å². The molecule has 12 heteroatoms. The highest BCUT2D eigenvalue weighted by Gasteiger charge is 2.51. The van der Waals surface area contributed by atoms with Gasteiger partial charge in [-0.25, -0.2) is 4.79 Å². The first kappa shape index (κ1) is 28.0. The molecule has 3 fully saturated rings. The summed E-state index contributed by atoms with van der Waals surface area (Å²) in [6.07, 6.45) is -4.22. The zero-order valence-corrected chi connectivity index (χ0v) is 21.8. The van der Waals surface area contributed by atoms with E-state index in [1.54, 1.807) is 17.7 Å². The predicted octanol–water partition coefficient (Wildman–Crippen LogP) is 6.61. The Labute approximate surface area is 227 Å². The maximum Gasteiger partial charge on any atom is 0.417 e. The summed E-state index contributed by atoms with van der Waals surface area (Å²) in [6.45, 7) is 0.401. The highest BCUT2D eigenvalue weighted by atomic mass is 19.4. The molecule has 2 amide bonds. The number of fused-ring (bicyclic) bond motifs is 3. The summed E-state index contributed by atoms with van der Waals surface area (Å²) in [5.74, 6) is 0.860. The second-order valence-corrected chi connectivity index (χ2v) is 11.0. The molecule has 6 rings (SSSR count). The van der Waals surface area contributed by atoms with Crippen molar-refractivity contribution in [3.63, 3.8) is 0 Å². The van der Waals surface area contributed by atoms with Crippen molar-refractivity contribution >= 4 is 6.03 Å². The largest absolute Gasteiger partial charge is 0.417 e. The SMILES string of the molecule is Cn1c(-c2ccccc2C(F)(F)F)nnc1C12CCC(CNC(=O)NCc3cccc(C(F)(F)F)c3)(CC1)CC2. The number of aromatic nitrogens is 3. The number of nitrogens with one attached hydrogen (secondary N) is 2. The molecular formula is C28H29F6N5O. The zero-order valence-electron chi connectivity index (χ0n) is 21.8. The van der Waals surface area contributed by atoms with Gasteiger partial charge in [0.05, 0.1) is 11.1 Å². The van der Waals surface area contributed by atoms with Crippen molar-refractivity contribution in [1.29, 1.82) is 0 Å². The van der Waals surface area contributed by atoms with Crippen LogP contribution in [0.3, 0.4) is 0 Å². The minimum Gasteiger partial charge on any atom is -0.338 e. The Balaban J connectivity index is 1.20. The van der Waals surface area contributed by atoms with Crippen LogP contribution in [0.4, 0.5) is 31.1 Å². The van der Waals surface area contributed by atoms with Crippen molar-refractivity contribution in [3.8, 4) is 11.4 Å². The van der Waals surface area contributed by atoms with Crippen molar-refractivity contribution in [2.24, 2.45) is 12.5 Å². The minimum atomic E-state index is -4.51. The molecule has 2 N–H and O–H groups in total. The van der Waals surface area contributed by atoms with E-state index in [1.165, 1.54) is 24.3 Å². The molecule has 2 bridgehead atoms. The first-order valence-electron chi connectivity index (χ1n) is 13.1. The lowest BCUT2D eigenvalue weighted by Crippen LogP contribution is -2.51. The maximum atomic E-state index is 13.6. The van der Waals surface area contributed by atoms with Crippen molar-refractivity contribution in [2.45, 2.75) is 62.8 Å². The van der Waals surface area contributed by atoms with E-state index >= 15 is 0 Å². The Morgan fingerprint density at radius 2 is 1.55 bits per heavy atom. The van der Waals surface area contributed by atoms with E-state index in [1.807, 2.05) is 0 Å². The Morgan fingerprint density at radius 3 is 2.20 bits per heavy atom. The van der Waals surface area contributed by atoms with Crippen molar-refractivity contribution < 1.29 is 31.1 Å². The van der Waals surface area contributed by atoms with Gasteiger partial charge in [0, 0.05) is 31.1 Å². The van der Waals surface area contributed by atoms with E-state index in [0.717, 1.165) is 56.7 Å². The summed E-state index contributed by atoms with van der Waals surface area (Å²) >= 11 is 0. The summed E-state index contributed by atoms with van der Waals surface area (Å²) in [5.41, 5.74) is -1.57. The van der Waals surface area contributed by atoms with Crippen LogP contribution in [0.1, 0.15) is 61.0 Å². The first-order valence-corrected chi connectivity index (χ1v) is 13.1. The third-order valence-electron chi connectivity index (χ3n) is 8.56. The molecule has 1 heterocycles. The Morgan fingerprint density at radius 1 is 0.875 bits per heavy atom. The average molecular weight is 566 g/mol. The first-order chi connectivity index (χ1) is 18.8. The number of carbonyl (C=O) groups is 1. The Hall–Kier alpha value is -3.57. The lowest BCUT2D eigenvalue weighted by Gasteiger charge is -2.52. The van der Waals surface area contributed by atoms with Gasteiger partial charge in [-0.2, -0.15) is 26.3 Å². The molecule has 0 saturated heterocycles. The molecule has 0 spiro atoms. The second kappa shape index (κ2) is 10.1. The number of urea groups is 1. The molecule has 0 unspecified atom stereocenters. The third-order valence-corrected chi connectivity index (χ3v) is 8.56. The molecule has 0 atom stereocenters. The van der Waals surface area contributed by atoms with Crippen molar-refractivity contribution in [2.75, 3.05) is 6.54 Å². The Kier molecular flexibility index (Phi) is 7.08. The van der Waals surface area contributed by atoms with Crippen LogP contribution in [-0.4, -0.2) is 27.3 Å². The van der Waals surface area contributed by atoms with Crippen LogP contribution in [0.25, 0.3) is 11.4 Å². The summed E-state index contributed by atoms with van der Waals surface area (Å²) in [7, 11) is 1.71. The molecule has 6 nitrogen and oxygen atoms in total. The molecule has 2 aromatic carbocycles. The van der Waals surface area contributed by atoms with Gasteiger partial charge in [0.1, 0.15) is 5.82 Å². The van der Waals surface area contributed by atoms with Gasteiger partial charge in [-0.1, -0.05) is 30.3 Å². The molecule has 40 heavy (non-hydrogen) atoms. The highest BCUT2D eigenvalue weighted by Crippen LogP contribution is 2.57. The van der Waals surface area contributed by atoms with Crippen LogP contribution in [-0.2, 0) is 31.4 Å². The molecular weight excluding hydrogens is 536 g/mol. The zero-order chi connectivity index (χ0) is 28.8. The summed E-state index contributed by atoms with van der Waals surface area (Å²) in [6, 6.07) is 9.73. The quantitative estimate of drug-likeness (QED) is 0.331. The number of hydrogen-bond acceptors (Lipinski definition) is 3. The lowest BCUT2D eigenvalue weighted by molar-refractivity contribution is -0.138. The van der Waals surface area contributed by atoms with Crippen LogP contribution in [0.5, 0.6) is 0 Å². The van der Waals surface area contributed by atoms with Gasteiger partial charge in [0.2, 0.25) is 0 Å². The van der Waals surface area contributed by atoms with Crippen LogP contribution in [0, 0.1) is 5.41 Å². The number of nitrogens with zero attached hydrogens (tertiary/aromatic N) is 3. The maximum absolute atomic E-state index is 13.6. The van der Waals surface area contributed by atoms with Crippen LogP contribution in [0.2, 0.25) is 0 Å². The lowest BCUT2D eigenvalue weighted by atomic mass is 9.53. The number of amides is 2. The van der Waals surface area contributed by atoms with E-state index in [0.29, 0.717) is 17.9 Å². The molecule has 214 valence electrons. The molecule has 0 aliphatic heterocycles. The number of hydrogen-bond donors (Lipinski definition) is 2. The van der Waals surface area contributed by atoms with E-state index < -0.39 is 29.5 Å². The van der Waals surface area contributed by atoms with E-state index in [9.17, 15) is 31.1 Å². The number of rotatable bonds is 6. The molecule has 3 aliphatic carbocycles. The number of carbonyl (C=O) groups excluding carboxylic acids is 1. The fourth-order valence-corrected chi connectivity index (χ4v) is 6.18.